The molecule has 1 atom stereocenters. The first-order valence-corrected chi connectivity index (χ1v) is 6.12. The van der Waals surface area contributed by atoms with Crippen LogP contribution in [0.1, 0.15) is 30.5 Å². The predicted octanol–water partition coefficient (Wildman–Crippen LogP) is 2.21. The first-order chi connectivity index (χ1) is 9.16. The van der Waals surface area contributed by atoms with Crippen molar-refractivity contribution in [1.29, 1.82) is 0 Å². The van der Waals surface area contributed by atoms with E-state index < -0.39 is 11.6 Å². The summed E-state index contributed by atoms with van der Waals surface area (Å²) in [5, 5.41) is 11.0. The summed E-state index contributed by atoms with van der Waals surface area (Å²) >= 11 is 0. The van der Waals surface area contributed by atoms with Crippen LogP contribution < -0.4 is 5.32 Å². The van der Waals surface area contributed by atoms with Gasteiger partial charge in [0.15, 0.2) is 17.5 Å². The molecule has 3 heterocycles. The molecule has 0 aromatic carbocycles. The molecule has 0 fully saturated rings. The second kappa shape index (κ2) is 4.56. The Kier molecular flexibility index (Phi) is 2.88. The quantitative estimate of drug-likeness (QED) is 0.904. The van der Waals surface area contributed by atoms with Crippen molar-refractivity contribution in [3.63, 3.8) is 0 Å². The van der Waals surface area contributed by atoms with Gasteiger partial charge in [0.25, 0.3) is 0 Å². The smallest absolute Gasteiger partial charge is 0.167 e. The molecule has 5 nitrogen and oxygen atoms in total. The van der Waals surface area contributed by atoms with Gasteiger partial charge in [-0.15, -0.1) is 10.2 Å². The lowest BCUT2D eigenvalue weighted by molar-refractivity contribution is 0.460. The van der Waals surface area contributed by atoms with Gasteiger partial charge in [-0.05, 0) is 19.8 Å². The van der Waals surface area contributed by atoms with Crippen molar-refractivity contribution in [2.24, 2.45) is 0 Å². The lowest BCUT2D eigenvalue weighted by atomic mass is 10.1. The highest BCUT2D eigenvalue weighted by Gasteiger charge is 2.25. The van der Waals surface area contributed by atoms with E-state index >= 15 is 0 Å². The van der Waals surface area contributed by atoms with Crippen LogP contribution in [0, 0.1) is 18.6 Å². The molecular weight excluding hydrogens is 252 g/mol. The first kappa shape index (κ1) is 12.0. The third-order valence-corrected chi connectivity index (χ3v) is 3.32. The van der Waals surface area contributed by atoms with Crippen molar-refractivity contribution < 1.29 is 8.78 Å². The van der Waals surface area contributed by atoms with E-state index in [-0.39, 0.29) is 11.7 Å². The number of halogens is 2. The number of anilines is 1. The number of rotatable bonds is 2. The van der Waals surface area contributed by atoms with Crippen LogP contribution in [0.25, 0.3) is 0 Å². The molecule has 1 aliphatic rings. The minimum absolute atomic E-state index is 0.158. The van der Waals surface area contributed by atoms with E-state index in [0.29, 0.717) is 0 Å². The Morgan fingerprint density at radius 1 is 1.26 bits per heavy atom. The molecule has 0 radical (unpaired) electrons. The van der Waals surface area contributed by atoms with E-state index in [1.54, 1.807) is 0 Å². The molecule has 0 spiro atoms. The summed E-state index contributed by atoms with van der Waals surface area (Å²) in [5.41, 5.74) is -0.158. The van der Waals surface area contributed by atoms with E-state index in [2.05, 4.69) is 20.5 Å². The Labute approximate surface area is 108 Å². The third kappa shape index (κ3) is 2.05. The van der Waals surface area contributed by atoms with Crippen LogP contribution in [0.3, 0.4) is 0 Å². The van der Waals surface area contributed by atoms with Crippen molar-refractivity contribution in [3.05, 3.63) is 35.7 Å². The van der Waals surface area contributed by atoms with Crippen LogP contribution in [0.5, 0.6) is 0 Å². The summed E-state index contributed by atoms with van der Waals surface area (Å²) in [6, 6.07) is -0.235. The molecule has 1 unspecified atom stereocenters. The maximum absolute atomic E-state index is 13.6. The topological polar surface area (TPSA) is 55.6 Å². The maximum atomic E-state index is 13.6. The molecule has 0 saturated heterocycles. The average molecular weight is 265 g/mol. The molecule has 0 bridgehead atoms. The van der Waals surface area contributed by atoms with E-state index in [4.69, 9.17) is 0 Å². The van der Waals surface area contributed by atoms with Crippen LogP contribution in [0.15, 0.2) is 12.4 Å². The van der Waals surface area contributed by atoms with Crippen molar-refractivity contribution in [2.45, 2.75) is 32.4 Å². The fourth-order valence-corrected chi connectivity index (χ4v) is 2.37. The fraction of sp³-hybridized carbons (Fsp3) is 0.417. The molecule has 1 aliphatic heterocycles. The SMILES string of the molecule is Cc1nnc2n1CCCC2Nc1c(F)cncc1F. The number of aromatic nitrogens is 4. The van der Waals surface area contributed by atoms with Gasteiger partial charge in [0.1, 0.15) is 11.5 Å². The minimum atomic E-state index is -0.701. The molecule has 3 rings (SSSR count). The molecule has 100 valence electrons. The molecule has 7 heteroatoms. The summed E-state index contributed by atoms with van der Waals surface area (Å²) in [6.45, 7) is 2.71. The Hall–Kier alpha value is -2.05. The Bertz CT molecular complexity index is 590. The summed E-state index contributed by atoms with van der Waals surface area (Å²) < 4.78 is 29.1. The van der Waals surface area contributed by atoms with Crippen molar-refractivity contribution in [1.82, 2.24) is 19.7 Å². The highest BCUT2D eigenvalue weighted by atomic mass is 19.1. The van der Waals surface area contributed by atoms with Gasteiger partial charge in [0.2, 0.25) is 0 Å². The lowest BCUT2D eigenvalue weighted by Gasteiger charge is -2.25. The zero-order valence-electron chi connectivity index (χ0n) is 10.4. The molecule has 2 aromatic rings. The molecule has 0 aliphatic carbocycles. The van der Waals surface area contributed by atoms with E-state index in [0.717, 1.165) is 43.4 Å². The summed E-state index contributed by atoms with van der Waals surface area (Å²) in [6.07, 6.45) is 3.66. The number of pyridine rings is 1. The van der Waals surface area contributed by atoms with Gasteiger partial charge in [0, 0.05) is 6.54 Å². The molecule has 1 N–H and O–H groups in total. The third-order valence-electron chi connectivity index (χ3n) is 3.32. The number of nitrogens with one attached hydrogen (secondary N) is 1. The molecule has 2 aromatic heterocycles. The normalized spacial score (nSPS) is 18.2. The zero-order valence-corrected chi connectivity index (χ0v) is 10.4. The van der Waals surface area contributed by atoms with Crippen molar-refractivity contribution in [3.8, 4) is 0 Å². The van der Waals surface area contributed by atoms with E-state index in [9.17, 15) is 8.78 Å². The summed E-state index contributed by atoms with van der Waals surface area (Å²) in [7, 11) is 0. The standard InChI is InChI=1S/C12H13F2N5/c1-7-17-18-12-10(3-2-4-19(7)12)16-11-8(13)5-15-6-9(11)14/h5-6,10H,2-4H2,1H3,(H,15,16). The van der Waals surface area contributed by atoms with Gasteiger partial charge in [-0.1, -0.05) is 0 Å². The van der Waals surface area contributed by atoms with Crippen LogP contribution in [-0.4, -0.2) is 19.7 Å². The zero-order chi connectivity index (χ0) is 13.4. The molecular formula is C12H13F2N5. The van der Waals surface area contributed by atoms with Crippen molar-refractivity contribution in [2.75, 3.05) is 5.32 Å². The Balaban J connectivity index is 1.93. The van der Waals surface area contributed by atoms with E-state index in [1.807, 2.05) is 11.5 Å². The number of hydrogen-bond donors (Lipinski definition) is 1. The van der Waals surface area contributed by atoms with Gasteiger partial charge < -0.3 is 9.88 Å². The minimum Gasteiger partial charge on any atom is -0.370 e. The predicted molar refractivity (Wildman–Crippen MR) is 64.5 cm³/mol. The van der Waals surface area contributed by atoms with Crippen LogP contribution in [-0.2, 0) is 6.54 Å². The van der Waals surface area contributed by atoms with Crippen LogP contribution >= 0.6 is 0 Å². The Morgan fingerprint density at radius 2 is 2.00 bits per heavy atom. The van der Waals surface area contributed by atoms with E-state index in [1.165, 1.54) is 0 Å². The maximum Gasteiger partial charge on any atom is 0.167 e. The van der Waals surface area contributed by atoms with Gasteiger partial charge in [-0.3, -0.25) is 4.98 Å². The largest absolute Gasteiger partial charge is 0.370 e. The van der Waals surface area contributed by atoms with Gasteiger partial charge in [0.05, 0.1) is 18.4 Å². The number of nitrogens with zero attached hydrogens (tertiary/aromatic N) is 4. The average Bonchev–Trinajstić information content (AvgIpc) is 2.77. The summed E-state index contributed by atoms with van der Waals surface area (Å²) in [4.78, 5) is 3.46. The van der Waals surface area contributed by atoms with Gasteiger partial charge in [-0.2, -0.15) is 0 Å². The second-order valence-electron chi connectivity index (χ2n) is 4.57. The monoisotopic (exact) mass is 265 g/mol. The number of fused-ring (bicyclic) bond motifs is 1. The number of aryl methyl sites for hydroxylation is 1. The van der Waals surface area contributed by atoms with Gasteiger partial charge >= 0.3 is 0 Å². The Morgan fingerprint density at radius 3 is 2.74 bits per heavy atom. The highest BCUT2D eigenvalue weighted by molar-refractivity contribution is 5.46. The summed E-state index contributed by atoms with van der Waals surface area (Å²) in [5.74, 6) is 0.137. The van der Waals surface area contributed by atoms with Gasteiger partial charge in [-0.25, -0.2) is 8.78 Å². The van der Waals surface area contributed by atoms with Crippen LogP contribution in [0.4, 0.5) is 14.5 Å². The van der Waals surface area contributed by atoms with Crippen LogP contribution in [0.2, 0.25) is 0 Å². The molecule has 19 heavy (non-hydrogen) atoms. The second-order valence-corrected chi connectivity index (χ2v) is 4.57. The lowest BCUT2D eigenvalue weighted by Crippen LogP contribution is -2.23. The molecule has 0 saturated carbocycles. The van der Waals surface area contributed by atoms with Crippen molar-refractivity contribution >= 4 is 5.69 Å². The molecule has 0 amide bonds. The number of hydrogen-bond acceptors (Lipinski definition) is 4. The highest BCUT2D eigenvalue weighted by Crippen LogP contribution is 2.29. The first-order valence-electron chi connectivity index (χ1n) is 6.12. The fourth-order valence-electron chi connectivity index (χ4n) is 2.37.